The van der Waals surface area contributed by atoms with E-state index in [-0.39, 0.29) is 18.8 Å². The first-order chi connectivity index (χ1) is 8.22. The molecule has 17 heavy (non-hydrogen) atoms. The number of ether oxygens (including phenoxy) is 4. The molecule has 0 saturated heterocycles. The Bertz CT molecular complexity index is 272. The molecule has 0 aliphatic rings. The zero-order chi connectivity index (χ0) is 12.9. The molecule has 0 unspecified atom stereocenters. The van der Waals surface area contributed by atoms with Crippen molar-refractivity contribution in [1.29, 1.82) is 5.26 Å². The van der Waals surface area contributed by atoms with Crippen molar-refractivity contribution in [3.8, 4) is 6.07 Å². The van der Waals surface area contributed by atoms with Crippen molar-refractivity contribution in [1.82, 2.24) is 0 Å². The van der Waals surface area contributed by atoms with Gasteiger partial charge >= 0.3 is 5.97 Å². The van der Waals surface area contributed by atoms with E-state index in [1.807, 2.05) is 0 Å². The Labute approximate surface area is 101 Å². The highest BCUT2D eigenvalue weighted by molar-refractivity contribution is 5.91. The molecule has 96 valence electrons. The normalized spacial score (nSPS) is 9.65. The molecule has 6 nitrogen and oxygen atoms in total. The van der Waals surface area contributed by atoms with Crippen LogP contribution in [0.1, 0.15) is 0 Å². The highest BCUT2D eigenvalue weighted by atomic mass is 16.6. The van der Waals surface area contributed by atoms with E-state index in [4.69, 9.17) is 24.2 Å². The number of hydrogen-bond acceptors (Lipinski definition) is 6. The van der Waals surface area contributed by atoms with Crippen LogP contribution in [0.5, 0.6) is 0 Å². The van der Waals surface area contributed by atoms with Gasteiger partial charge in [-0.15, -0.1) is 0 Å². The topological polar surface area (TPSA) is 77.8 Å². The molecule has 0 aromatic carbocycles. The summed E-state index contributed by atoms with van der Waals surface area (Å²) in [7, 11) is 1.60. The Morgan fingerprint density at radius 1 is 1.12 bits per heavy atom. The van der Waals surface area contributed by atoms with E-state index in [1.165, 1.54) is 0 Å². The van der Waals surface area contributed by atoms with Gasteiger partial charge in [0.05, 0.1) is 33.0 Å². The molecule has 0 radical (unpaired) electrons. The van der Waals surface area contributed by atoms with Crippen molar-refractivity contribution in [2.75, 3.05) is 46.8 Å². The zero-order valence-corrected chi connectivity index (χ0v) is 9.94. The molecule has 0 N–H and O–H groups in total. The van der Waals surface area contributed by atoms with E-state index < -0.39 is 5.97 Å². The third kappa shape index (κ3) is 9.51. The maximum atomic E-state index is 10.9. The van der Waals surface area contributed by atoms with Gasteiger partial charge in [0, 0.05) is 7.11 Å². The molecule has 0 aliphatic carbocycles. The van der Waals surface area contributed by atoms with Gasteiger partial charge in [-0.1, -0.05) is 6.58 Å². The first-order valence-electron chi connectivity index (χ1n) is 5.13. The van der Waals surface area contributed by atoms with Crippen molar-refractivity contribution in [3.05, 3.63) is 12.2 Å². The molecule has 0 spiro atoms. The molecular weight excluding hydrogens is 226 g/mol. The van der Waals surface area contributed by atoms with Gasteiger partial charge in [-0.3, -0.25) is 0 Å². The molecule has 0 heterocycles. The summed E-state index contributed by atoms with van der Waals surface area (Å²) in [6.45, 7) is 5.53. The van der Waals surface area contributed by atoms with E-state index in [0.717, 1.165) is 0 Å². The van der Waals surface area contributed by atoms with Gasteiger partial charge in [0.25, 0.3) is 0 Å². The van der Waals surface area contributed by atoms with E-state index in [9.17, 15) is 4.79 Å². The zero-order valence-electron chi connectivity index (χ0n) is 9.94. The van der Waals surface area contributed by atoms with E-state index in [0.29, 0.717) is 26.4 Å². The Balaban J connectivity index is 3.22. The Hall–Kier alpha value is -1.42. The molecule has 0 amide bonds. The highest BCUT2D eigenvalue weighted by Crippen LogP contribution is 1.91. The van der Waals surface area contributed by atoms with Crippen LogP contribution in [0.15, 0.2) is 12.2 Å². The van der Waals surface area contributed by atoms with Crippen molar-refractivity contribution >= 4 is 5.97 Å². The second-order valence-electron chi connectivity index (χ2n) is 2.94. The van der Waals surface area contributed by atoms with Gasteiger partial charge in [0.15, 0.2) is 0 Å². The van der Waals surface area contributed by atoms with Crippen molar-refractivity contribution in [2.24, 2.45) is 0 Å². The summed E-state index contributed by atoms with van der Waals surface area (Å²) in [5, 5.41) is 8.34. The van der Waals surface area contributed by atoms with Crippen LogP contribution >= 0.6 is 0 Å². The largest absolute Gasteiger partial charge is 0.459 e. The van der Waals surface area contributed by atoms with Crippen LogP contribution in [0.3, 0.4) is 0 Å². The average molecular weight is 243 g/mol. The lowest BCUT2D eigenvalue weighted by Gasteiger charge is -2.06. The van der Waals surface area contributed by atoms with Crippen LogP contribution in [0.25, 0.3) is 0 Å². The lowest BCUT2D eigenvalue weighted by molar-refractivity contribution is -0.140. The fraction of sp³-hybridized carbons (Fsp3) is 0.636. The number of esters is 1. The smallest absolute Gasteiger partial charge is 0.348 e. The summed E-state index contributed by atoms with van der Waals surface area (Å²) in [4.78, 5) is 10.9. The average Bonchev–Trinajstić information content (AvgIpc) is 2.35. The lowest BCUT2D eigenvalue weighted by Crippen LogP contribution is -2.14. The number of carbonyl (C=O) groups excluding carboxylic acids is 1. The minimum Gasteiger partial charge on any atom is -0.459 e. The Morgan fingerprint density at radius 2 is 1.65 bits per heavy atom. The lowest BCUT2D eigenvalue weighted by atomic mass is 10.3. The van der Waals surface area contributed by atoms with Crippen molar-refractivity contribution in [2.45, 2.75) is 0 Å². The monoisotopic (exact) mass is 243 g/mol. The molecule has 0 saturated carbocycles. The summed E-state index contributed by atoms with van der Waals surface area (Å²) in [6.07, 6.45) is 0. The van der Waals surface area contributed by atoms with Gasteiger partial charge in [0.1, 0.15) is 18.2 Å². The minimum absolute atomic E-state index is 0.0948. The summed E-state index contributed by atoms with van der Waals surface area (Å²) < 4.78 is 19.7. The predicted molar refractivity (Wildman–Crippen MR) is 59.2 cm³/mol. The molecule has 6 heteroatoms. The number of methoxy groups -OCH3 is 1. The first kappa shape index (κ1) is 15.6. The van der Waals surface area contributed by atoms with Crippen molar-refractivity contribution in [3.63, 3.8) is 0 Å². The summed E-state index contributed by atoms with van der Waals surface area (Å²) in [5.41, 5.74) is -0.215. The third-order valence-electron chi connectivity index (χ3n) is 1.65. The molecule has 0 rings (SSSR count). The van der Waals surface area contributed by atoms with E-state index >= 15 is 0 Å². The number of hydrogen-bond donors (Lipinski definition) is 0. The first-order valence-corrected chi connectivity index (χ1v) is 5.13. The molecule has 0 aromatic rings. The summed E-state index contributed by atoms with van der Waals surface area (Å²) in [6, 6.07) is 1.60. The van der Waals surface area contributed by atoms with E-state index in [1.54, 1.807) is 13.2 Å². The van der Waals surface area contributed by atoms with Crippen molar-refractivity contribution < 1.29 is 23.7 Å². The number of nitrogens with zero attached hydrogens (tertiary/aromatic N) is 1. The maximum absolute atomic E-state index is 10.9. The molecular formula is C11H17NO5. The number of rotatable bonds is 10. The van der Waals surface area contributed by atoms with Gasteiger partial charge in [-0.05, 0) is 0 Å². The van der Waals surface area contributed by atoms with Crippen LogP contribution < -0.4 is 0 Å². The fourth-order valence-electron chi connectivity index (χ4n) is 0.790. The molecule has 0 aromatic heterocycles. The van der Waals surface area contributed by atoms with Gasteiger partial charge in [-0.2, -0.15) is 5.26 Å². The highest BCUT2D eigenvalue weighted by Gasteiger charge is 2.06. The number of nitriles is 1. The Kier molecular flexibility index (Phi) is 10.2. The van der Waals surface area contributed by atoms with Gasteiger partial charge in [0.2, 0.25) is 0 Å². The summed E-state index contributed by atoms with van der Waals surface area (Å²) >= 11 is 0. The third-order valence-corrected chi connectivity index (χ3v) is 1.65. The summed E-state index contributed by atoms with van der Waals surface area (Å²) in [5.74, 6) is -0.715. The second kappa shape index (κ2) is 11.1. The second-order valence-corrected chi connectivity index (χ2v) is 2.94. The van der Waals surface area contributed by atoms with Crippen LogP contribution in [-0.4, -0.2) is 52.7 Å². The fourth-order valence-corrected chi connectivity index (χ4v) is 0.790. The van der Waals surface area contributed by atoms with Crippen LogP contribution in [0.4, 0.5) is 0 Å². The van der Waals surface area contributed by atoms with Gasteiger partial charge < -0.3 is 18.9 Å². The SMILES string of the molecule is C=C(C#N)C(=O)OCCOCCOCCOC. The van der Waals surface area contributed by atoms with E-state index in [2.05, 4.69) is 6.58 Å². The quantitative estimate of drug-likeness (QED) is 0.237. The maximum Gasteiger partial charge on any atom is 0.348 e. The molecule has 0 bridgehead atoms. The Morgan fingerprint density at radius 3 is 2.18 bits per heavy atom. The van der Waals surface area contributed by atoms with Gasteiger partial charge in [-0.25, -0.2) is 4.79 Å². The predicted octanol–water partition coefficient (Wildman–Crippen LogP) is 0.289. The minimum atomic E-state index is -0.715. The number of carbonyl (C=O) groups is 1. The van der Waals surface area contributed by atoms with Crippen LogP contribution in [-0.2, 0) is 23.7 Å². The molecule has 0 fully saturated rings. The standard InChI is InChI=1S/C11H17NO5/c1-10(9-12)11(13)17-8-7-16-6-5-15-4-3-14-2/h1,3-8H2,2H3. The van der Waals surface area contributed by atoms with Crippen LogP contribution in [0, 0.1) is 11.3 Å². The van der Waals surface area contributed by atoms with Crippen LogP contribution in [0.2, 0.25) is 0 Å². The molecule has 0 atom stereocenters. The molecule has 0 aliphatic heterocycles.